The van der Waals surface area contributed by atoms with Gasteiger partial charge in [0.15, 0.2) is 0 Å². The van der Waals surface area contributed by atoms with Crippen LogP contribution in [0.1, 0.15) is 25.0 Å². The molecule has 1 fully saturated rings. The zero-order chi connectivity index (χ0) is 19.9. The van der Waals surface area contributed by atoms with Crippen LogP contribution in [-0.4, -0.2) is 46.6 Å². The van der Waals surface area contributed by atoms with Crippen molar-refractivity contribution >= 4 is 23.8 Å². The zero-order valence-corrected chi connectivity index (χ0v) is 14.0. The highest BCUT2D eigenvalue weighted by atomic mass is 19.4. The molecule has 0 unspecified atom stereocenters. The fourth-order valence-corrected chi connectivity index (χ4v) is 2.88. The number of hydrogen-bond donors (Lipinski definition) is 1. The first-order valence-electron chi connectivity index (χ1n) is 7.68. The number of rotatable bonds is 4. The Labute approximate surface area is 146 Å². The Morgan fingerprint density at radius 3 is 1.73 bits per heavy atom. The van der Waals surface area contributed by atoms with Gasteiger partial charge in [-0.1, -0.05) is 12.1 Å². The maximum Gasteiger partial charge on any atom is 0.416 e. The molecule has 2 rings (SSSR count). The van der Waals surface area contributed by atoms with E-state index in [2.05, 4.69) is 0 Å². The third kappa shape index (κ3) is 2.61. The van der Waals surface area contributed by atoms with E-state index in [1.54, 1.807) is 0 Å². The van der Waals surface area contributed by atoms with Crippen molar-refractivity contribution < 1.29 is 32.3 Å². The second-order valence-corrected chi connectivity index (χ2v) is 5.57. The summed E-state index contributed by atoms with van der Waals surface area (Å²) in [5.41, 5.74) is 1.41. The molecule has 7 nitrogen and oxygen atoms in total. The van der Waals surface area contributed by atoms with Crippen molar-refractivity contribution in [3.8, 4) is 0 Å². The maximum absolute atomic E-state index is 12.8. The number of nitrogens with zero attached hydrogens (tertiary/aromatic N) is 2. The lowest BCUT2D eigenvalue weighted by Crippen LogP contribution is -2.71. The van der Waals surface area contributed by atoms with Crippen LogP contribution in [0.15, 0.2) is 24.3 Å². The van der Waals surface area contributed by atoms with Crippen LogP contribution in [-0.2, 0) is 26.0 Å². The number of imide groups is 2. The number of barbiturate groups is 1. The normalized spacial score (nSPS) is 17.7. The van der Waals surface area contributed by atoms with Crippen molar-refractivity contribution in [2.75, 3.05) is 13.1 Å². The summed E-state index contributed by atoms with van der Waals surface area (Å²) in [6.45, 7) is 2.63. The van der Waals surface area contributed by atoms with Gasteiger partial charge in [0.2, 0.25) is 11.3 Å². The molecule has 1 aliphatic heterocycles. The summed E-state index contributed by atoms with van der Waals surface area (Å²) >= 11 is 0. The highest BCUT2D eigenvalue weighted by Gasteiger charge is 2.62. The molecule has 1 saturated heterocycles. The molecule has 0 bridgehead atoms. The monoisotopic (exact) mass is 371 g/mol. The van der Waals surface area contributed by atoms with Gasteiger partial charge < -0.3 is 5.73 Å². The van der Waals surface area contributed by atoms with Crippen LogP contribution in [0.3, 0.4) is 0 Å². The number of hydrogen-bond acceptors (Lipinski definition) is 4. The van der Waals surface area contributed by atoms with Gasteiger partial charge >= 0.3 is 12.2 Å². The highest BCUT2D eigenvalue weighted by Crippen LogP contribution is 2.36. The molecular weight excluding hydrogens is 355 g/mol. The molecule has 26 heavy (non-hydrogen) atoms. The average Bonchev–Trinajstić information content (AvgIpc) is 2.55. The van der Waals surface area contributed by atoms with Gasteiger partial charge in [-0.25, -0.2) is 4.79 Å². The van der Waals surface area contributed by atoms with Gasteiger partial charge in [-0.05, 0) is 31.5 Å². The van der Waals surface area contributed by atoms with Crippen LogP contribution in [0.25, 0.3) is 0 Å². The predicted octanol–water partition coefficient (Wildman–Crippen LogP) is 1.26. The second kappa shape index (κ2) is 6.43. The third-order valence-electron chi connectivity index (χ3n) is 4.24. The number of carbonyl (C=O) groups excluding carboxylic acids is 4. The van der Waals surface area contributed by atoms with Gasteiger partial charge in [-0.15, -0.1) is 0 Å². The molecule has 1 aromatic carbocycles. The van der Waals surface area contributed by atoms with E-state index in [0.717, 1.165) is 12.1 Å². The number of alkyl halides is 3. The first-order valence-corrected chi connectivity index (χ1v) is 7.68. The lowest BCUT2D eigenvalue weighted by Gasteiger charge is -2.42. The first kappa shape index (κ1) is 19.4. The Hall–Kier alpha value is -2.91. The molecule has 140 valence electrons. The lowest BCUT2D eigenvalue weighted by atomic mass is 9.75. The molecule has 10 heteroatoms. The summed E-state index contributed by atoms with van der Waals surface area (Å²) in [5, 5.41) is 0. The number of carbonyl (C=O) groups is 4. The Kier molecular flexibility index (Phi) is 4.80. The molecule has 0 atom stereocenters. The molecule has 2 N–H and O–H groups in total. The van der Waals surface area contributed by atoms with Crippen LogP contribution in [0.4, 0.5) is 18.0 Å². The van der Waals surface area contributed by atoms with Crippen molar-refractivity contribution in [2.24, 2.45) is 5.73 Å². The van der Waals surface area contributed by atoms with Gasteiger partial charge in [0.25, 0.3) is 11.8 Å². The summed E-state index contributed by atoms with van der Waals surface area (Å²) in [7, 11) is 0. The first-order chi connectivity index (χ1) is 12.0. The molecule has 1 aliphatic rings. The SMILES string of the molecule is CCN1C(=O)N(CC)C(=O)C(C(N)=O)(c2ccc(C(F)(F)F)cc2)C1=O. The molecule has 1 aromatic rings. The fourth-order valence-electron chi connectivity index (χ4n) is 2.88. The van der Waals surface area contributed by atoms with E-state index in [1.807, 2.05) is 0 Å². The molecule has 0 spiro atoms. The lowest BCUT2D eigenvalue weighted by molar-refractivity contribution is -0.156. The molecule has 0 aliphatic carbocycles. The summed E-state index contributed by atoms with van der Waals surface area (Å²) in [6.07, 6.45) is -4.64. The number of amides is 5. The smallest absolute Gasteiger partial charge is 0.368 e. The van der Waals surface area contributed by atoms with Crippen molar-refractivity contribution in [3.05, 3.63) is 35.4 Å². The average molecular weight is 371 g/mol. The second-order valence-electron chi connectivity index (χ2n) is 5.57. The standard InChI is InChI=1S/C16H16F3N3O4/c1-3-21-12(24)15(11(20)23,13(25)22(4-2)14(21)26)9-5-7-10(8-6-9)16(17,18)19/h5-8H,3-4H2,1-2H3,(H2,20,23). The van der Waals surface area contributed by atoms with Crippen LogP contribution in [0.2, 0.25) is 0 Å². The van der Waals surface area contributed by atoms with Gasteiger partial charge in [-0.3, -0.25) is 24.2 Å². The summed E-state index contributed by atoms with van der Waals surface area (Å²) in [5.74, 6) is -3.71. The van der Waals surface area contributed by atoms with Gasteiger partial charge in [0.05, 0.1) is 5.56 Å². The molecule has 5 amide bonds. The quantitative estimate of drug-likeness (QED) is 0.805. The summed E-state index contributed by atoms with van der Waals surface area (Å²) < 4.78 is 38.3. The van der Waals surface area contributed by atoms with Crippen LogP contribution in [0.5, 0.6) is 0 Å². The number of likely N-dealkylation sites (N-methyl/N-ethyl adjacent to an activating group) is 2. The van der Waals surface area contributed by atoms with E-state index in [9.17, 15) is 32.3 Å². The third-order valence-corrected chi connectivity index (χ3v) is 4.24. The number of urea groups is 1. The van der Waals surface area contributed by atoms with E-state index < -0.39 is 40.9 Å². The van der Waals surface area contributed by atoms with Gasteiger partial charge in [-0.2, -0.15) is 13.2 Å². The minimum Gasteiger partial charge on any atom is -0.368 e. The Bertz CT molecular complexity index is 748. The maximum atomic E-state index is 12.8. The molecule has 0 saturated carbocycles. The van der Waals surface area contributed by atoms with E-state index >= 15 is 0 Å². The molecule has 1 heterocycles. The predicted molar refractivity (Wildman–Crippen MR) is 82.5 cm³/mol. The molecular formula is C16H16F3N3O4. The van der Waals surface area contributed by atoms with E-state index in [1.165, 1.54) is 13.8 Å². The number of primary amides is 1. The van der Waals surface area contributed by atoms with E-state index in [0.29, 0.717) is 21.9 Å². The number of nitrogens with two attached hydrogens (primary N) is 1. The largest absolute Gasteiger partial charge is 0.416 e. The zero-order valence-electron chi connectivity index (χ0n) is 14.0. The topological polar surface area (TPSA) is 101 Å². The minimum atomic E-state index is -4.64. The highest BCUT2D eigenvalue weighted by molar-refractivity contribution is 6.34. The number of halogens is 3. The fraction of sp³-hybridized carbons (Fsp3) is 0.375. The Morgan fingerprint density at radius 2 is 1.42 bits per heavy atom. The Morgan fingerprint density at radius 1 is 1.00 bits per heavy atom. The molecule has 0 aromatic heterocycles. The van der Waals surface area contributed by atoms with Crippen LogP contribution >= 0.6 is 0 Å². The van der Waals surface area contributed by atoms with E-state index in [-0.39, 0.29) is 18.7 Å². The summed E-state index contributed by atoms with van der Waals surface area (Å²) in [6, 6.07) is 2.07. The van der Waals surface area contributed by atoms with Gasteiger partial charge in [0.1, 0.15) is 0 Å². The number of benzene rings is 1. The van der Waals surface area contributed by atoms with Crippen LogP contribution in [0, 0.1) is 0 Å². The Balaban J connectivity index is 2.71. The van der Waals surface area contributed by atoms with Crippen molar-refractivity contribution in [2.45, 2.75) is 25.4 Å². The van der Waals surface area contributed by atoms with Crippen LogP contribution < -0.4 is 5.73 Å². The van der Waals surface area contributed by atoms with Crippen molar-refractivity contribution in [1.82, 2.24) is 9.80 Å². The minimum absolute atomic E-state index is 0.142. The van der Waals surface area contributed by atoms with Crippen molar-refractivity contribution in [1.29, 1.82) is 0 Å². The van der Waals surface area contributed by atoms with Crippen molar-refractivity contribution in [3.63, 3.8) is 0 Å². The molecule has 0 radical (unpaired) electrons. The van der Waals surface area contributed by atoms with Gasteiger partial charge in [0, 0.05) is 13.1 Å². The van der Waals surface area contributed by atoms with E-state index in [4.69, 9.17) is 5.73 Å². The summed E-state index contributed by atoms with van der Waals surface area (Å²) in [4.78, 5) is 51.4.